The van der Waals surface area contributed by atoms with Crippen molar-refractivity contribution in [3.8, 4) is 0 Å². The molecule has 1 fully saturated rings. The molecule has 136 valence electrons. The zero-order valence-electron chi connectivity index (χ0n) is 13.6. The molecule has 2 heterocycles. The molecule has 1 atom stereocenters. The quantitative estimate of drug-likeness (QED) is 0.816. The third-order valence-corrected chi connectivity index (χ3v) is 6.97. The van der Waals surface area contributed by atoms with E-state index >= 15 is 0 Å². The number of nitrogens with zero attached hydrogens (tertiary/aromatic N) is 1. The maximum absolute atomic E-state index is 12.7. The Morgan fingerprint density at radius 3 is 2.62 bits per heavy atom. The Morgan fingerprint density at radius 2 is 2.08 bits per heavy atom. The molecule has 2 rings (SSSR count). The molecular weight excluding hydrogens is 395 g/mol. The van der Waals surface area contributed by atoms with Crippen LogP contribution in [0.4, 0.5) is 4.79 Å². The van der Waals surface area contributed by atoms with Gasteiger partial charge in [0.05, 0.1) is 4.34 Å². The largest absolute Gasteiger partial charge is 0.444 e. The molecule has 6 nitrogen and oxygen atoms in total. The Labute approximate surface area is 156 Å². The predicted molar refractivity (Wildman–Crippen MR) is 95.5 cm³/mol. The molecule has 1 aromatic heterocycles. The number of carbonyl (C=O) groups is 1. The van der Waals surface area contributed by atoms with Gasteiger partial charge in [-0.1, -0.05) is 23.2 Å². The van der Waals surface area contributed by atoms with Crippen LogP contribution in [0.2, 0.25) is 8.67 Å². The third kappa shape index (κ3) is 4.98. The van der Waals surface area contributed by atoms with Crippen molar-refractivity contribution in [1.29, 1.82) is 0 Å². The van der Waals surface area contributed by atoms with Crippen molar-refractivity contribution >= 4 is 50.7 Å². The van der Waals surface area contributed by atoms with Gasteiger partial charge in [-0.05, 0) is 39.7 Å². The summed E-state index contributed by atoms with van der Waals surface area (Å²) in [6.07, 6.45) is 0.766. The Kier molecular flexibility index (Phi) is 6.08. The fraction of sp³-hybridized carbons (Fsp3) is 0.643. The van der Waals surface area contributed by atoms with E-state index in [-0.39, 0.29) is 21.8 Å². The predicted octanol–water partition coefficient (Wildman–Crippen LogP) is 3.73. The lowest BCUT2D eigenvalue weighted by Crippen LogP contribution is -2.50. The van der Waals surface area contributed by atoms with Crippen LogP contribution in [0.1, 0.15) is 33.6 Å². The first-order chi connectivity index (χ1) is 11.0. The summed E-state index contributed by atoms with van der Waals surface area (Å²) in [7, 11) is -3.74. The number of rotatable bonds is 3. The summed E-state index contributed by atoms with van der Waals surface area (Å²) in [6.45, 7) is 5.86. The monoisotopic (exact) mass is 414 g/mol. The van der Waals surface area contributed by atoms with Crippen molar-refractivity contribution in [2.24, 2.45) is 0 Å². The van der Waals surface area contributed by atoms with Crippen molar-refractivity contribution in [2.45, 2.75) is 50.2 Å². The summed E-state index contributed by atoms with van der Waals surface area (Å²) < 4.78 is 32.4. The molecule has 0 unspecified atom stereocenters. The Bertz CT molecular complexity index is 713. The number of piperidine rings is 1. The second-order valence-corrected chi connectivity index (χ2v) is 10.7. The topological polar surface area (TPSA) is 75.7 Å². The molecule has 10 heteroatoms. The zero-order chi connectivity index (χ0) is 18.1. The average molecular weight is 415 g/mol. The molecule has 0 saturated carbocycles. The number of hydrogen-bond donors (Lipinski definition) is 1. The lowest BCUT2D eigenvalue weighted by molar-refractivity contribution is 0.0487. The van der Waals surface area contributed by atoms with Crippen LogP contribution in [0, 0.1) is 0 Å². The van der Waals surface area contributed by atoms with Crippen molar-refractivity contribution in [3.63, 3.8) is 0 Å². The second kappa shape index (κ2) is 7.37. The molecule has 0 radical (unpaired) electrons. The van der Waals surface area contributed by atoms with E-state index in [2.05, 4.69) is 5.32 Å². The molecule has 1 aliphatic heterocycles. The smallest absolute Gasteiger partial charge is 0.407 e. The number of amides is 1. The average Bonchev–Trinajstić information content (AvgIpc) is 2.76. The molecule has 0 aromatic carbocycles. The number of alkyl carbamates (subject to hydrolysis) is 1. The molecular formula is C14H20Cl2N2O4S2. The fourth-order valence-electron chi connectivity index (χ4n) is 2.39. The number of hydrogen-bond acceptors (Lipinski definition) is 5. The maximum Gasteiger partial charge on any atom is 0.407 e. The van der Waals surface area contributed by atoms with Gasteiger partial charge in [0.1, 0.15) is 14.8 Å². The van der Waals surface area contributed by atoms with E-state index in [1.807, 2.05) is 0 Å². The van der Waals surface area contributed by atoms with Gasteiger partial charge >= 0.3 is 6.09 Å². The van der Waals surface area contributed by atoms with E-state index in [9.17, 15) is 13.2 Å². The normalized spacial score (nSPS) is 20.0. The number of nitrogens with one attached hydrogen (secondary N) is 1. The molecule has 24 heavy (non-hydrogen) atoms. The van der Waals surface area contributed by atoms with Crippen molar-refractivity contribution in [1.82, 2.24) is 9.62 Å². The van der Waals surface area contributed by atoms with Crippen LogP contribution >= 0.6 is 34.5 Å². The molecule has 0 bridgehead atoms. The molecule has 1 aromatic rings. The van der Waals surface area contributed by atoms with E-state index in [1.165, 1.54) is 10.4 Å². The lowest BCUT2D eigenvalue weighted by Gasteiger charge is -2.32. The molecule has 0 spiro atoms. The minimum atomic E-state index is -3.74. The molecule has 1 saturated heterocycles. The van der Waals surface area contributed by atoms with E-state index in [0.717, 1.165) is 11.3 Å². The van der Waals surface area contributed by atoms with E-state index in [0.29, 0.717) is 23.7 Å². The van der Waals surface area contributed by atoms with Crippen molar-refractivity contribution in [2.75, 3.05) is 13.1 Å². The number of sulfonamides is 1. The van der Waals surface area contributed by atoms with Gasteiger partial charge < -0.3 is 10.1 Å². The van der Waals surface area contributed by atoms with Crippen molar-refractivity contribution < 1.29 is 17.9 Å². The highest BCUT2D eigenvalue weighted by atomic mass is 35.5. The van der Waals surface area contributed by atoms with Crippen molar-refractivity contribution in [3.05, 3.63) is 14.7 Å². The van der Waals surface area contributed by atoms with Crippen LogP contribution in [0.25, 0.3) is 0 Å². The Morgan fingerprint density at radius 1 is 1.42 bits per heavy atom. The first-order valence-corrected chi connectivity index (χ1v) is 10.4. The van der Waals surface area contributed by atoms with Crippen LogP contribution in [-0.2, 0) is 14.8 Å². The molecule has 1 amide bonds. The van der Waals surface area contributed by atoms with E-state index in [4.69, 9.17) is 27.9 Å². The van der Waals surface area contributed by atoms with E-state index in [1.54, 1.807) is 20.8 Å². The Hall–Kier alpha value is -0.540. The van der Waals surface area contributed by atoms with Gasteiger partial charge in [0, 0.05) is 19.1 Å². The van der Waals surface area contributed by atoms with Gasteiger partial charge in [-0.3, -0.25) is 0 Å². The van der Waals surface area contributed by atoms with Crippen LogP contribution in [0.5, 0.6) is 0 Å². The molecule has 1 aliphatic rings. The van der Waals surface area contributed by atoms with Gasteiger partial charge in [0.15, 0.2) is 0 Å². The van der Waals surface area contributed by atoms with Gasteiger partial charge in [0.25, 0.3) is 0 Å². The Balaban J connectivity index is 2.07. The first-order valence-electron chi connectivity index (χ1n) is 7.43. The van der Waals surface area contributed by atoms with Gasteiger partial charge in [-0.25, -0.2) is 13.2 Å². The summed E-state index contributed by atoms with van der Waals surface area (Å²) in [6, 6.07) is 1.05. The summed E-state index contributed by atoms with van der Waals surface area (Å²) in [4.78, 5) is 11.9. The van der Waals surface area contributed by atoms with Crippen LogP contribution in [-0.4, -0.2) is 43.5 Å². The zero-order valence-corrected chi connectivity index (χ0v) is 16.8. The summed E-state index contributed by atoms with van der Waals surface area (Å²) in [5.41, 5.74) is -0.606. The third-order valence-electron chi connectivity index (χ3n) is 3.35. The van der Waals surface area contributed by atoms with E-state index < -0.39 is 21.7 Å². The number of thiophene rings is 1. The van der Waals surface area contributed by atoms with Crippen LogP contribution in [0.3, 0.4) is 0 Å². The lowest BCUT2D eigenvalue weighted by atomic mass is 10.1. The highest BCUT2D eigenvalue weighted by Crippen LogP contribution is 2.36. The summed E-state index contributed by atoms with van der Waals surface area (Å²) in [5.74, 6) is 0. The van der Waals surface area contributed by atoms with Gasteiger partial charge in [-0.15, -0.1) is 11.3 Å². The summed E-state index contributed by atoms with van der Waals surface area (Å²) >= 11 is 12.8. The standard InChI is InChI=1S/C14H20Cl2N2O4S2/c1-14(2,3)22-13(19)17-9-5-4-6-18(8-9)24(20,21)10-7-11(15)23-12(10)16/h7,9H,4-6,8H2,1-3H3,(H,17,19)/t9-/m1/s1. The number of halogens is 2. The van der Waals surface area contributed by atoms with Crippen LogP contribution < -0.4 is 5.32 Å². The minimum Gasteiger partial charge on any atom is -0.444 e. The maximum atomic E-state index is 12.7. The highest BCUT2D eigenvalue weighted by Gasteiger charge is 2.33. The number of carbonyl (C=O) groups excluding carboxylic acids is 1. The van der Waals surface area contributed by atoms with Crippen LogP contribution in [0.15, 0.2) is 11.0 Å². The molecule has 1 N–H and O–H groups in total. The number of ether oxygens (including phenoxy) is 1. The SMILES string of the molecule is CC(C)(C)OC(=O)N[C@@H]1CCCN(S(=O)(=O)c2cc(Cl)sc2Cl)C1. The minimum absolute atomic E-state index is 0.0112. The molecule has 0 aliphatic carbocycles. The highest BCUT2D eigenvalue weighted by molar-refractivity contribution is 7.89. The van der Waals surface area contributed by atoms with Gasteiger partial charge in [0.2, 0.25) is 10.0 Å². The first kappa shape index (κ1) is 19.8. The summed E-state index contributed by atoms with van der Waals surface area (Å²) in [5, 5.41) is 2.73. The van der Waals surface area contributed by atoms with Gasteiger partial charge in [-0.2, -0.15) is 4.31 Å². The fourth-order valence-corrected chi connectivity index (χ4v) is 6.03. The second-order valence-electron chi connectivity index (χ2n) is 6.54.